The van der Waals surface area contributed by atoms with E-state index >= 15 is 0 Å². The summed E-state index contributed by atoms with van der Waals surface area (Å²) in [5.74, 6) is 0.580. The van der Waals surface area contributed by atoms with Crippen molar-refractivity contribution in [1.29, 1.82) is 0 Å². The molecule has 29 heavy (non-hydrogen) atoms. The van der Waals surface area contributed by atoms with Gasteiger partial charge in [0, 0.05) is 12.7 Å². The average molecular weight is 413 g/mol. The average Bonchev–Trinajstić information content (AvgIpc) is 3.18. The second-order valence-electron chi connectivity index (χ2n) is 6.92. The molecule has 8 nitrogen and oxygen atoms in total. The Morgan fingerprint density at radius 2 is 1.97 bits per heavy atom. The van der Waals surface area contributed by atoms with Gasteiger partial charge in [0.05, 0.1) is 47.9 Å². The van der Waals surface area contributed by atoms with E-state index in [1.54, 1.807) is 35.8 Å². The van der Waals surface area contributed by atoms with Crippen LogP contribution in [0.15, 0.2) is 48.9 Å². The summed E-state index contributed by atoms with van der Waals surface area (Å²) >= 11 is 5.92. The molecule has 150 valence electrons. The summed E-state index contributed by atoms with van der Waals surface area (Å²) < 4.78 is 0. The number of pyridine rings is 1. The second kappa shape index (κ2) is 8.18. The number of halogens is 1. The molecule has 1 atom stereocenters. The number of hydroxylamine groups is 1. The summed E-state index contributed by atoms with van der Waals surface area (Å²) in [6.07, 6.45) is 4.76. The van der Waals surface area contributed by atoms with E-state index in [1.807, 2.05) is 36.9 Å². The molecule has 0 spiro atoms. The molecule has 0 bridgehead atoms. The minimum atomic E-state index is -0.112. The number of aryl methyl sites for hydroxylation is 1. The van der Waals surface area contributed by atoms with Crippen LogP contribution in [0.5, 0.6) is 0 Å². The predicted octanol–water partition coefficient (Wildman–Crippen LogP) is 2.91. The van der Waals surface area contributed by atoms with Crippen molar-refractivity contribution in [1.82, 2.24) is 24.9 Å². The number of aromatic nitrogens is 4. The number of amides is 1. The minimum Gasteiger partial charge on any atom is -0.332 e. The lowest BCUT2D eigenvalue weighted by atomic mass is 10.1. The Balaban J connectivity index is 1.59. The summed E-state index contributed by atoms with van der Waals surface area (Å²) in [5.41, 5.74) is 2.21. The standard InChI is InChI=1S/C20H21ClN6O2/c1-14-3-5-18(27-23-7-8-24-27)17(11-14)20(28)25-9-10-26(29-13-15(25)2)19-6-4-16(21)12-22-19/h3-8,11-12,15H,9-10,13H2,1-2H3/t15-/m1/s1. The van der Waals surface area contributed by atoms with Crippen LogP contribution in [-0.4, -0.2) is 56.5 Å². The fraction of sp³-hybridized carbons (Fsp3) is 0.300. The number of anilines is 1. The monoisotopic (exact) mass is 412 g/mol. The molecule has 1 amide bonds. The molecule has 0 aliphatic carbocycles. The Labute approximate surface area is 173 Å². The van der Waals surface area contributed by atoms with Crippen molar-refractivity contribution in [2.75, 3.05) is 24.8 Å². The van der Waals surface area contributed by atoms with Crippen molar-refractivity contribution < 1.29 is 9.63 Å². The molecular weight excluding hydrogens is 392 g/mol. The van der Waals surface area contributed by atoms with Gasteiger partial charge in [-0.15, -0.1) is 0 Å². The lowest BCUT2D eigenvalue weighted by Crippen LogP contribution is -2.41. The maximum absolute atomic E-state index is 13.5. The summed E-state index contributed by atoms with van der Waals surface area (Å²) in [5, 5.41) is 10.6. The highest BCUT2D eigenvalue weighted by atomic mass is 35.5. The Kier molecular flexibility index (Phi) is 5.46. The van der Waals surface area contributed by atoms with Crippen LogP contribution in [-0.2, 0) is 4.84 Å². The Bertz CT molecular complexity index is 993. The molecule has 1 saturated heterocycles. The van der Waals surface area contributed by atoms with Crippen LogP contribution in [0.1, 0.15) is 22.8 Å². The lowest BCUT2D eigenvalue weighted by Gasteiger charge is -2.26. The summed E-state index contributed by atoms with van der Waals surface area (Å²) in [7, 11) is 0. The van der Waals surface area contributed by atoms with Crippen LogP contribution in [0, 0.1) is 6.92 Å². The summed E-state index contributed by atoms with van der Waals surface area (Å²) in [6, 6.07) is 9.13. The zero-order valence-electron chi connectivity index (χ0n) is 16.2. The largest absolute Gasteiger partial charge is 0.332 e. The molecule has 2 aromatic heterocycles. The molecule has 4 rings (SSSR count). The molecular formula is C20H21ClN6O2. The van der Waals surface area contributed by atoms with Crippen molar-refractivity contribution in [2.24, 2.45) is 0 Å². The number of nitrogens with zero attached hydrogens (tertiary/aromatic N) is 6. The number of rotatable bonds is 3. The van der Waals surface area contributed by atoms with E-state index in [9.17, 15) is 4.79 Å². The van der Waals surface area contributed by atoms with Crippen LogP contribution < -0.4 is 5.06 Å². The van der Waals surface area contributed by atoms with Gasteiger partial charge < -0.3 is 4.90 Å². The Morgan fingerprint density at radius 1 is 1.17 bits per heavy atom. The van der Waals surface area contributed by atoms with Crippen molar-refractivity contribution >= 4 is 23.3 Å². The SMILES string of the molecule is Cc1ccc(-n2nccn2)c(C(=O)N2CCN(c3ccc(Cl)cn3)OC[C@H]2C)c1. The number of benzene rings is 1. The molecule has 1 aliphatic rings. The lowest BCUT2D eigenvalue weighted by molar-refractivity contribution is 0.0599. The second-order valence-corrected chi connectivity index (χ2v) is 7.36. The minimum absolute atomic E-state index is 0.0805. The Morgan fingerprint density at radius 3 is 2.69 bits per heavy atom. The van der Waals surface area contributed by atoms with Crippen LogP contribution in [0.3, 0.4) is 0 Å². The molecule has 0 N–H and O–H groups in total. The van der Waals surface area contributed by atoms with Gasteiger partial charge >= 0.3 is 0 Å². The zero-order valence-corrected chi connectivity index (χ0v) is 17.0. The first kappa shape index (κ1) is 19.4. The molecule has 1 aromatic carbocycles. The van der Waals surface area contributed by atoms with Crippen LogP contribution in [0.2, 0.25) is 5.02 Å². The van der Waals surface area contributed by atoms with E-state index in [-0.39, 0.29) is 11.9 Å². The molecule has 3 heterocycles. The highest BCUT2D eigenvalue weighted by Gasteiger charge is 2.29. The van der Waals surface area contributed by atoms with Gasteiger partial charge in [0.2, 0.25) is 0 Å². The van der Waals surface area contributed by atoms with Crippen molar-refractivity contribution in [2.45, 2.75) is 19.9 Å². The first-order valence-electron chi connectivity index (χ1n) is 9.33. The topological polar surface area (TPSA) is 76.4 Å². The van der Waals surface area contributed by atoms with Gasteiger partial charge in [-0.1, -0.05) is 23.2 Å². The number of hydrogen-bond acceptors (Lipinski definition) is 6. The van der Waals surface area contributed by atoms with Gasteiger partial charge in [-0.2, -0.15) is 15.0 Å². The third-order valence-corrected chi connectivity index (χ3v) is 5.02. The first-order valence-corrected chi connectivity index (χ1v) is 9.71. The predicted molar refractivity (Wildman–Crippen MR) is 109 cm³/mol. The van der Waals surface area contributed by atoms with E-state index in [4.69, 9.17) is 16.4 Å². The fourth-order valence-electron chi connectivity index (χ4n) is 3.26. The van der Waals surface area contributed by atoms with Crippen LogP contribution in [0.25, 0.3) is 5.69 Å². The Hall–Kier alpha value is -2.97. The molecule has 0 radical (unpaired) electrons. The molecule has 0 saturated carbocycles. The van der Waals surface area contributed by atoms with Gasteiger partial charge in [0.25, 0.3) is 5.91 Å². The van der Waals surface area contributed by atoms with Crippen molar-refractivity contribution in [3.8, 4) is 5.69 Å². The van der Waals surface area contributed by atoms with Crippen LogP contribution in [0.4, 0.5) is 5.82 Å². The summed E-state index contributed by atoms with van der Waals surface area (Å²) in [4.78, 5) is 26.9. The van der Waals surface area contributed by atoms with Gasteiger partial charge in [0.1, 0.15) is 0 Å². The van der Waals surface area contributed by atoms with E-state index in [0.29, 0.717) is 41.8 Å². The van der Waals surface area contributed by atoms with Crippen LogP contribution >= 0.6 is 11.6 Å². The molecule has 1 aliphatic heterocycles. The van der Waals surface area contributed by atoms with Gasteiger partial charge in [0.15, 0.2) is 5.82 Å². The number of hydrogen-bond donors (Lipinski definition) is 0. The maximum Gasteiger partial charge on any atom is 0.256 e. The quantitative estimate of drug-likeness (QED) is 0.658. The maximum atomic E-state index is 13.5. The first-order chi connectivity index (χ1) is 14.0. The normalized spacial score (nSPS) is 17.3. The van der Waals surface area contributed by atoms with Crippen molar-refractivity contribution in [3.05, 3.63) is 65.1 Å². The van der Waals surface area contributed by atoms with E-state index in [1.165, 1.54) is 4.80 Å². The third kappa shape index (κ3) is 4.08. The highest BCUT2D eigenvalue weighted by molar-refractivity contribution is 6.30. The van der Waals surface area contributed by atoms with Gasteiger partial charge in [-0.05, 0) is 38.1 Å². The molecule has 9 heteroatoms. The van der Waals surface area contributed by atoms with Gasteiger partial charge in [-0.3, -0.25) is 9.63 Å². The summed E-state index contributed by atoms with van der Waals surface area (Å²) in [6.45, 7) is 5.27. The van der Waals surface area contributed by atoms with E-state index in [0.717, 1.165) is 5.56 Å². The van der Waals surface area contributed by atoms with E-state index in [2.05, 4.69) is 15.2 Å². The number of carbonyl (C=O) groups excluding carboxylic acids is 1. The molecule has 3 aromatic rings. The van der Waals surface area contributed by atoms with Gasteiger partial charge in [-0.25, -0.2) is 10.0 Å². The zero-order chi connectivity index (χ0) is 20.4. The fourth-order valence-corrected chi connectivity index (χ4v) is 3.37. The number of carbonyl (C=O) groups is 1. The van der Waals surface area contributed by atoms with E-state index < -0.39 is 0 Å². The highest BCUT2D eigenvalue weighted by Crippen LogP contribution is 2.22. The van der Waals surface area contributed by atoms with Crippen molar-refractivity contribution in [3.63, 3.8) is 0 Å². The smallest absolute Gasteiger partial charge is 0.256 e. The third-order valence-electron chi connectivity index (χ3n) is 4.79. The molecule has 1 fully saturated rings. The molecule has 0 unspecified atom stereocenters.